The molecule has 0 atom stereocenters. The quantitative estimate of drug-likeness (QED) is 0.615. The van der Waals surface area contributed by atoms with Crippen LogP contribution in [0.4, 0.5) is 4.39 Å². The van der Waals surface area contributed by atoms with Gasteiger partial charge in [-0.15, -0.1) is 16.8 Å². The number of nitrogens with zero attached hydrogens (tertiary/aromatic N) is 3. The highest BCUT2D eigenvalue weighted by molar-refractivity contribution is 7.99. The van der Waals surface area contributed by atoms with Crippen LogP contribution in [0.5, 0.6) is 0 Å². The van der Waals surface area contributed by atoms with Crippen LogP contribution in [-0.4, -0.2) is 20.0 Å². The Morgan fingerprint density at radius 3 is 2.74 bits per heavy atom. The van der Waals surface area contributed by atoms with Crippen molar-refractivity contribution in [2.45, 2.75) is 30.8 Å². The lowest BCUT2D eigenvalue weighted by molar-refractivity contribution is 0.626. The standard InChI is InChI=1S/C14H16FN3S/c1-4-9-18-13(11-7-5-6-8-12(11)15)16-17-14(18)19-10(2)3/h4-8,10H,1,9H2,2-3H3. The molecule has 0 amide bonds. The normalized spacial score (nSPS) is 10.9. The van der Waals surface area contributed by atoms with E-state index in [2.05, 4.69) is 30.6 Å². The van der Waals surface area contributed by atoms with Gasteiger partial charge in [-0.2, -0.15) is 0 Å². The molecular formula is C14H16FN3S. The third-order valence-electron chi connectivity index (χ3n) is 2.48. The second-order valence-electron chi connectivity index (χ2n) is 4.35. The summed E-state index contributed by atoms with van der Waals surface area (Å²) in [6.07, 6.45) is 1.76. The van der Waals surface area contributed by atoms with Crippen LogP contribution in [0.25, 0.3) is 11.4 Å². The Morgan fingerprint density at radius 2 is 2.11 bits per heavy atom. The Morgan fingerprint density at radius 1 is 1.37 bits per heavy atom. The first-order valence-electron chi connectivity index (χ1n) is 6.09. The van der Waals surface area contributed by atoms with E-state index >= 15 is 0 Å². The van der Waals surface area contributed by atoms with Gasteiger partial charge in [-0.05, 0) is 12.1 Å². The molecule has 0 fully saturated rings. The molecule has 0 saturated heterocycles. The fourth-order valence-electron chi connectivity index (χ4n) is 1.72. The average molecular weight is 277 g/mol. The summed E-state index contributed by atoms with van der Waals surface area (Å²) in [5.41, 5.74) is 0.465. The van der Waals surface area contributed by atoms with E-state index in [0.717, 1.165) is 5.16 Å². The topological polar surface area (TPSA) is 30.7 Å². The number of allylic oxidation sites excluding steroid dienone is 1. The first-order valence-corrected chi connectivity index (χ1v) is 6.97. The van der Waals surface area contributed by atoms with Crippen molar-refractivity contribution in [1.82, 2.24) is 14.8 Å². The Kier molecular flexibility index (Phi) is 4.37. The van der Waals surface area contributed by atoms with E-state index in [9.17, 15) is 4.39 Å². The highest BCUT2D eigenvalue weighted by atomic mass is 32.2. The highest BCUT2D eigenvalue weighted by Gasteiger charge is 2.16. The Hall–Kier alpha value is -1.62. The number of rotatable bonds is 5. The zero-order chi connectivity index (χ0) is 13.8. The Labute approximate surface area is 116 Å². The van der Waals surface area contributed by atoms with Gasteiger partial charge in [0.05, 0.1) is 5.56 Å². The smallest absolute Gasteiger partial charge is 0.192 e. The summed E-state index contributed by atoms with van der Waals surface area (Å²) in [7, 11) is 0. The number of hydrogen-bond acceptors (Lipinski definition) is 3. The molecule has 1 heterocycles. The van der Waals surface area contributed by atoms with Crippen molar-refractivity contribution < 1.29 is 4.39 Å². The molecule has 0 saturated carbocycles. The van der Waals surface area contributed by atoms with Crippen molar-refractivity contribution in [2.75, 3.05) is 0 Å². The summed E-state index contributed by atoms with van der Waals surface area (Å²) in [4.78, 5) is 0. The first kappa shape index (κ1) is 13.8. The molecule has 19 heavy (non-hydrogen) atoms. The molecule has 0 aliphatic heterocycles. The minimum Gasteiger partial charge on any atom is -0.298 e. The van der Waals surface area contributed by atoms with Crippen molar-refractivity contribution in [1.29, 1.82) is 0 Å². The fourth-order valence-corrected chi connectivity index (χ4v) is 2.52. The molecule has 0 unspecified atom stereocenters. The number of hydrogen-bond donors (Lipinski definition) is 0. The van der Waals surface area contributed by atoms with Crippen LogP contribution in [-0.2, 0) is 6.54 Å². The molecule has 0 N–H and O–H groups in total. The fraction of sp³-hybridized carbons (Fsp3) is 0.286. The second-order valence-corrected chi connectivity index (χ2v) is 5.90. The van der Waals surface area contributed by atoms with Crippen molar-refractivity contribution >= 4 is 11.8 Å². The molecule has 5 heteroatoms. The summed E-state index contributed by atoms with van der Waals surface area (Å²) in [6.45, 7) is 8.46. The van der Waals surface area contributed by atoms with Gasteiger partial charge in [0.15, 0.2) is 11.0 Å². The van der Waals surface area contributed by atoms with Gasteiger partial charge in [-0.25, -0.2) is 4.39 Å². The molecule has 2 aromatic rings. The third kappa shape index (κ3) is 3.04. The number of thioether (sulfide) groups is 1. The molecular weight excluding hydrogens is 261 g/mol. The van der Waals surface area contributed by atoms with Gasteiger partial charge in [0.2, 0.25) is 0 Å². The monoisotopic (exact) mass is 277 g/mol. The van der Waals surface area contributed by atoms with Crippen molar-refractivity contribution in [3.63, 3.8) is 0 Å². The van der Waals surface area contributed by atoms with E-state index in [1.54, 1.807) is 36.0 Å². The minimum absolute atomic E-state index is 0.290. The van der Waals surface area contributed by atoms with Crippen LogP contribution in [0.15, 0.2) is 42.1 Å². The molecule has 100 valence electrons. The lowest BCUT2D eigenvalue weighted by atomic mass is 10.2. The van der Waals surface area contributed by atoms with Gasteiger partial charge in [0.1, 0.15) is 5.82 Å². The van der Waals surface area contributed by atoms with Gasteiger partial charge < -0.3 is 0 Å². The molecule has 1 aromatic carbocycles. The van der Waals surface area contributed by atoms with Crippen LogP contribution in [0.1, 0.15) is 13.8 Å². The van der Waals surface area contributed by atoms with Gasteiger partial charge in [0, 0.05) is 11.8 Å². The molecule has 0 spiro atoms. The van der Waals surface area contributed by atoms with Crippen molar-refractivity contribution in [3.8, 4) is 11.4 Å². The predicted molar refractivity (Wildman–Crippen MR) is 76.6 cm³/mol. The molecule has 0 bridgehead atoms. The lowest BCUT2D eigenvalue weighted by Gasteiger charge is -2.09. The highest BCUT2D eigenvalue weighted by Crippen LogP contribution is 2.27. The van der Waals surface area contributed by atoms with Gasteiger partial charge >= 0.3 is 0 Å². The van der Waals surface area contributed by atoms with E-state index in [4.69, 9.17) is 0 Å². The summed E-state index contributed by atoms with van der Waals surface area (Å²) in [5.74, 6) is 0.252. The number of halogens is 1. The zero-order valence-electron chi connectivity index (χ0n) is 11.0. The van der Waals surface area contributed by atoms with E-state index in [1.807, 2.05) is 4.57 Å². The maximum Gasteiger partial charge on any atom is 0.192 e. The summed E-state index contributed by atoms with van der Waals surface area (Å²) in [6, 6.07) is 6.59. The number of benzene rings is 1. The minimum atomic E-state index is -0.290. The maximum absolute atomic E-state index is 13.9. The molecule has 0 aliphatic carbocycles. The molecule has 1 aromatic heterocycles. The summed E-state index contributed by atoms with van der Waals surface area (Å²) in [5, 5.41) is 9.45. The summed E-state index contributed by atoms with van der Waals surface area (Å²) >= 11 is 1.61. The van der Waals surface area contributed by atoms with Crippen molar-refractivity contribution in [2.24, 2.45) is 0 Å². The van der Waals surface area contributed by atoms with E-state index < -0.39 is 0 Å². The third-order valence-corrected chi connectivity index (χ3v) is 3.47. The first-order chi connectivity index (χ1) is 9.13. The van der Waals surface area contributed by atoms with Crippen LogP contribution >= 0.6 is 11.8 Å². The SMILES string of the molecule is C=CCn1c(SC(C)C)nnc1-c1ccccc1F. The van der Waals surface area contributed by atoms with E-state index in [1.165, 1.54) is 6.07 Å². The molecule has 0 aliphatic rings. The Bertz CT molecular complexity index is 578. The number of aromatic nitrogens is 3. The zero-order valence-corrected chi connectivity index (χ0v) is 11.8. The van der Waals surface area contributed by atoms with Gasteiger partial charge in [-0.3, -0.25) is 4.57 Å². The Balaban J connectivity index is 2.49. The molecule has 2 rings (SSSR count). The van der Waals surface area contributed by atoms with Crippen LogP contribution in [0.3, 0.4) is 0 Å². The predicted octanol–water partition coefficient (Wildman–Crippen LogP) is 3.77. The van der Waals surface area contributed by atoms with Gasteiger partial charge in [0.25, 0.3) is 0 Å². The largest absolute Gasteiger partial charge is 0.298 e. The van der Waals surface area contributed by atoms with Gasteiger partial charge in [-0.1, -0.05) is 43.8 Å². The van der Waals surface area contributed by atoms with Crippen LogP contribution in [0, 0.1) is 5.82 Å². The lowest BCUT2D eigenvalue weighted by Crippen LogP contribution is -2.03. The summed E-state index contributed by atoms with van der Waals surface area (Å²) < 4.78 is 15.7. The van der Waals surface area contributed by atoms with Crippen LogP contribution in [0.2, 0.25) is 0 Å². The second kappa shape index (κ2) is 6.02. The molecule has 0 radical (unpaired) electrons. The average Bonchev–Trinajstić information content (AvgIpc) is 2.73. The van der Waals surface area contributed by atoms with Crippen molar-refractivity contribution in [3.05, 3.63) is 42.7 Å². The van der Waals surface area contributed by atoms with Crippen LogP contribution < -0.4 is 0 Å². The maximum atomic E-state index is 13.9. The van der Waals surface area contributed by atoms with E-state index in [0.29, 0.717) is 23.2 Å². The molecule has 3 nitrogen and oxygen atoms in total. The van der Waals surface area contributed by atoms with E-state index in [-0.39, 0.29) is 5.82 Å².